The molecule has 7 nitrogen and oxygen atoms in total. The number of H-pyrrole nitrogens is 2. The first-order valence-corrected chi connectivity index (χ1v) is 9.20. The van der Waals surface area contributed by atoms with Crippen LogP contribution in [-0.2, 0) is 12.7 Å². The van der Waals surface area contributed by atoms with Gasteiger partial charge >= 0.3 is 11.9 Å². The van der Waals surface area contributed by atoms with E-state index in [-0.39, 0.29) is 23.4 Å². The van der Waals surface area contributed by atoms with Gasteiger partial charge in [-0.25, -0.2) is 4.79 Å². The molecular weight excluding hydrogens is 411 g/mol. The first-order valence-electron chi connectivity index (χ1n) is 9.20. The highest BCUT2D eigenvalue weighted by Crippen LogP contribution is 2.32. The van der Waals surface area contributed by atoms with Crippen molar-refractivity contribution in [3.63, 3.8) is 0 Å². The Balaban J connectivity index is 1.69. The first-order chi connectivity index (χ1) is 14.7. The molecule has 0 bridgehead atoms. The summed E-state index contributed by atoms with van der Waals surface area (Å²) in [4.78, 5) is 27.8. The van der Waals surface area contributed by atoms with Gasteiger partial charge < -0.3 is 9.55 Å². The van der Waals surface area contributed by atoms with Crippen LogP contribution >= 0.6 is 0 Å². The van der Waals surface area contributed by atoms with Crippen LogP contribution < -0.4 is 11.2 Å². The van der Waals surface area contributed by atoms with Crippen molar-refractivity contribution in [2.24, 2.45) is 0 Å². The molecule has 4 rings (SSSR count). The zero-order valence-corrected chi connectivity index (χ0v) is 16.2. The molecule has 0 saturated heterocycles. The van der Waals surface area contributed by atoms with Gasteiger partial charge in [0.1, 0.15) is 5.69 Å². The second-order valence-electron chi connectivity index (χ2n) is 6.94. The predicted octanol–water partition coefficient (Wildman–Crippen LogP) is 3.36. The molecule has 158 valence electrons. The number of halogens is 3. The molecule has 4 aromatic rings. The summed E-state index contributed by atoms with van der Waals surface area (Å²) in [5.74, 6) is 0. The number of aromatic amines is 2. The molecule has 2 N–H and O–H groups in total. The number of aromatic nitrogens is 5. The van der Waals surface area contributed by atoms with Crippen molar-refractivity contribution < 1.29 is 13.2 Å². The van der Waals surface area contributed by atoms with Crippen LogP contribution in [0.15, 0.2) is 64.6 Å². The molecule has 0 amide bonds. The summed E-state index contributed by atoms with van der Waals surface area (Å²) >= 11 is 0. The quantitative estimate of drug-likeness (QED) is 0.522. The number of nitrogens with one attached hydrogen (secondary N) is 2. The van der Waals surface area contributed by atoms with Crippen LogP contribution in [0.5, 0.6) is 0 Å². The van der Waals surface area contributed by atoms with E-state index in [0.717, 1.165) is 6.07 Å². The monoisotopic (exact) mass is 427 g/mol. The van der Waals surface area contributed by atoms with Gasteiger partial charge in [0, 0.05) is 36.3 Å². The van der Waals surface area contributed by atoms with Gasteiger partial charge in [-0.05, 0) is 30.7 Å². The third-order valence-corrected chi connectivity index (χ3v) is 4.81. The average molecular weight is 427 g/mol. The average Bonchev–Trinajstić information content (AvgIpc) is 3.16. The molecule has 0 fully saturated rings. The van der Waals surface area contributed by atoms with E-state index in [9.17, 15) is 22.8 Å². The minimum absolute atomic E-state index is 0.0414. The Morgan fingerprint density at radius 3 is 2.58 bits per heavy atom. The molecule has 31 heavy (non-hydrogen) atoms. The Morgan fingerprint density at radius 1 is 1.06 bits per heavy atom. The van der Waals surface area contributed by atoms with Gasteiger partial charge in [-0.3, -0.25) is 9.78 Å². The number of benzene rings is 1. The van der Waals surface area contributed by atoms with Crippen LogP contribution in [-0.4, -0.2) is 24.7 Å². The lowest BCUT2D eigenvalue weighted by Gasteiger charge is -2.13. The van der Waals surface area contributed by atoms with Crippen molar-refractivity contribution in [2.45, 2.75) is 19.6 Å². The lowest BCUT2D eigenvalue weighted by molar-refractivity contribution is -0.138. The van der Waals surface area contributed by atoms with E-state index < -0.39 is 23.0 Å². The molecule has 10 heteroatoms. The molecule has 3 aromatic heterocycles. The first kappa shape index (κ1) is 20.3. The topological polar surface area (TPSA) is 96.4 Å². The summed E-state index contributed by atoms with van der Waals surface area (Å²) in [7, 11) is 0. The second-order valence-corrected chi connectivity index (χ2v) is 6.94. The second kappa shape index (κ2) is 7.71. The van der Waals surface area contributed by atoms with Crippen molar-refractivity contribution in [2.75, 3.05) is 0 Å². The molecule has 0 aliphatic heterocycles. The minimum Gasteiger partial charge on any atom is -0.349 e. The summed E-state index contributed by atoms with van der Waals surface area (Å²) in [5.41, 5.74) is 0.601. The fraction of sp³-hybridized carbons (Fsp3) is 0.143. The van der Waals surface area contributed by atoms with E-state index >= 15 is 0 Å². The summed E-state index contributed by atoms with van der Waals surface area (Å²) in [6.07, 6.45) is 0.202. The summed E-state index contributed by atoms with van der Waals surface area (Å²) in [6, 6.07) is 8.84. The number of nitrogens with zero attached hydrogens (tertiary/aromatic N) is 3. The molecule has 0 aliphatic rings. The van der Waals surface area contributed by atoms with Crippen LogP contribution in [0.3, 0.4) is 0 Å². The van der Waals surface area contributed by atoms with Gasteiger partial charge in [0.25, 0.3) is 5.56 Å². The Morgan fingerprint density at radius 2 is 1.84 bits per heavy atom. The molecule has 1 aromatic carbocycles. The summed E-state index contributed by atoms with van der Waals surface area (Å²) in [6.45, 7) is 1.78. The number of aryl methyl sites for hydroxylation is 1. The number of rotatable bonds is 4. The normalized spacial score (nSPS) is 11.6. The van der Waals surface area contributed by atoms with E-state index in [4.69, 9.17) is 0 Å². The number of hydrogen-bond acceptors (Lipinski definition) is 4. The SMILES string of the molecule is Cc1nnc(-c2c[nH]c(=O)[nH]c2=O)cc1-c1ccn(Cc2ccccc2C(F)(F)F)c1. The van der Waals surface area contributed by atoms with Crippen molar-refractivity contribution in [3.05, 3.63) is 92.6 Å². The molecule has 0 aliphatic carbocycles. The van der Waals surface area contributed by atoms with E-state index in [1.807, 2.05) is 0 Å². The van der Waals surface area contributed by atoms with Crippen LogP contribution in [0.2, 0.25) is 0 Å². The summed E-state index contributed by atoms with van der Waals surface area (Å²) < 4.78 is 41.4. The maximum absolute atomic E-state index is 13.3. The van der Waals surface area contributed by atoms with Crippen LogP contribution in [0, 0.1) is 6.92 Å². The van der Waals surface area contributed by atoms with Crippen LogP contribution in [0.25, 0.3) is 22.4 Å². The van der Waals surface area contributed by atoms with E-state index in [2.05, 4.69) is 20.2 Å². The predicted molar refractivity (Wildman–Crippen MR) is 107 cm³/mol. The van der Waals surface area contributed by atoms with Gasteiger partial charge in [0.15, 0.2) is 0 Å². The van der Waals surface area contributed by atoms with Crippen LogP contribution in [0.4, 0.5) is 13.2 Å². The molecule has 0 radical (unpaired) electrons. The maximum Gasteiger partial charge on any atom is 0.416 e. The van der Waals surface area contributed by atoms with Crippen molar-refractivity contribution in [3.8, 4) is 22.4 Å². The highest BCUT2D eigenvalue weighted by atomic mass is 19.4. The fourth-order valence-electron chi connectivity index (χ4n) is 3.31. The van der Waals surface area contributed by atoms with Crippen molar-refractivity contribution >= 4 is 0 Å². The summed E-state index contributed by atoms with van der Waals surface area (Å²) in [5, 5.41) is 8.10. The molecule has 0 spiro atoms. The van der Waals surface area contributed by atoms with Gasteiger partial charge in [-0.1, -0.05) is 18.2 Å². The van der Waals surface area contributed by atoms with Crippen molar-refractivity contribution in [1.29, 1.82) is 0 Å². The highest BCUT2D eigenvalue weighted by molar-refractivity contribution is 5.70. The number of alkyl halides is 3. The zero-order valence-electron chi connectivity index (χ0n) is 16.2. The Kier molecular flexibility index (Phi) is 5.05. The van der Waals surface area contributed by atoms with E-state index in [1.54, 1.807) is 42.1 Å². The lowest BCUT2D eigenvalue weighted by Crippen LogP contribution is -2.22. The largest absolute Gasteiger partial charge is 0.416 e. The van der Waals surface area contributed by atoms with Crippen molar-refractivity contribution in [1.82, 2.24) is 24.7 Å². The zero-order chi connectivity index (χ0) is 22.2. The minimum atomic E-state index is -4.43. The molecule has 0 saturated carbocycles. The standard InChI is InChI=1S/C21H16F3N5O2/c1-12-15(8-18(28-27-12)16-9-25-20(31)26-19(16)30)13-6-7-29(10-13)11-14-4-2-3-5-17(14)21(22,23)24/h2-10H,11H2,1H3,(H2,25,26,30,31). The highest BCUT2D eigenvalue weighted by Gasteiger charge is 2.32. The molecule has 3 heterocycles. The van der Waals surface area contributed by atoms with Gasteiger partial charge in [-0.2, -0.15) is 18.3 Å². The smallest absolute Gasteiger partial charge is 0.349 e. The van der Waals surface area contributed by atoms with E-state index in [1.165, 1.54) is 18.3 Å². The fourth-order valence-corrected chi connectivity index (χ4v) is 3.31. The number of hydrogen-bond donors (Lipinski definition) is 2. The van der Waals surface area contributed by atoms with Gasteiger partial charge in [0.2, 0.25) is 0 Å². The van der Waals surface area contributed by atoms with Gasteiger partial charge in [-0.15, -0.1) is 5.10 Å². The molecule has 0 unspecified atom stereocenters. The Bertz CT molecular complexity index is 1370. The van der Waals surface area contributed by atoms with Crippen LogP contribution in [0.1, 0.15) is 16.8 Å². The Labute approximate surface area is 173 Å². The maximum atomic E-state index is 13.3. The third kappa shape index (κ3) is 4.18. The lowest BCUT2D eigenvalue weighted by atomic mass is 10.1. The van der Waals surface area contributed by atoms with E-state index in [0.29, 0.717) is 16.8 Å². The molecule has 0 atom stereocenters. The van der Waals surface area contributed by atoms with Gasteiger partial charge in [0.05, 0.1) is 16.8 Å². The third-order valence-electron chi connectivity index (χ3n) is 4.81. The Hall–Kier alpha value is -3.95. The molecular formula is C21H16F3N5O2.